The van der Waals surface area contributed by atoms with Gasteiger partial charge in [0.25, 0.3) is 0 Å². The van der Waals surface area contributed by atoms with Crippen LogP contribution in [0.4, 0.5) is 0 Å². The number of hydrogen-bond donors (Lipinski definition) is 0. The van der Waals surface area contributed by atoms with Gasteiger partial charge in [0, 0.05) is 33.7 Å². The number of hydrogen-bond acceptors (Lipinski definition) is 2. The fourth-order valence-electron chi connectivity index (χ4n) is 2.05. The first-order valence-corrected chi connectivity index (χ1v) is 7.64. The van der Waals surface area contributed by atoms with Gasteiger partial charge in [-0.2, -0.15) is 0 Å². The third-order valence-electron chi connectivity index (χ3n) is 3.04. The van der Waals surface area contributed by atoms with E-state index in [9.17, 15) is 0 Å². The van der Waals surface area contributed by atoms with E-state index < -0.39 is 0 Å². The fraction of sp³-hybridized carbons (Fsp3) is 0. The second kappa shape index (κ2) is 5.85. The van der Waals surface area contributed by atoms with Crippen LogP contribution in [0.25, 0.3) is 22.3 Å². The standard InChI is InChI=1S/C16H10Br2N2/c17-15-10-14(12-3-7-20-8-4-12)16(18)9-13(15)11-1-5-19-6-2-11/h1-10H. The lowest BCUT2D eigenvalue weighted by Crippen LogP contribution is -1.86. The van der Waals surface area contributed by atoms with Gasteiger partial charge in [0.05, 0.1) is 0 Å². The number of aromatic nitrogens is 2. The Bertz CT molecular complexity index is 663. The van der Waals surface area contributed by atoms with Crippen molar-refractivity contribution in [3.05, 3.63) is 70.1 Å². The summed E-state index contributed by atoms with van der Waals surface area (Å²) in [5.74, 6) is 0. The van der Waals surface area contributed by atoms with Gasteiger partial charge in [0.2, 0.25) is 0 Å². The Morgan fingerprint density at radius 1 is 0.600 bits per heavy atom. The summed E-state index contributed by atoms with van der Waals surface area (Å²) in [6.07, 6.45) is 7.19. The maximum Gasteiger partial charge on any atom is 0.0273 e. The van der Waals surface area contributed by atoms with Crippen LogP contribution in [0.2, 0.25) is 0 Å². The predicted octanol–water partition coefficient (Wildman–Crippen LogP) is 5.34. The molecule has 4 heteroatoms. The molecule has 0 saturated heterocycles. The normalized spacial score (nSPS) is 10.5. The summed E-state index contributed by atoms with van der Waals surface area (Å²) in [6, 6.07) is 12.2. The first kappa shape index (κ1) is 13.5. The van der Waals surface area contributed by atoms with Crippen LogP contribution in [0.1, 0.15) is 0 Å². The highest BCUT2D eigenvalue weighted by molar-refractivity contribution is 9.11. The first-order valence-electron chi connectivity index (χ1n) is 6.05. The van der Waals surface area contributed by atoms with Crippen molar-refractivity contribution in [2.75, 3.05) is 0 Å². The Morgan fingerprint density at radius 2 is 0.950 bits per heavy atom. The molecule has 0 aliphatic carbocycles. The Kier molecular flexibility index (Phi) is 3.94. The fourth-order valence-corrected chi connectivity index (χ4v) is 3.20. The topological polar surface area (TPSA) is 25.8 Å². The molecular formula is C16H10Br2N2. The van der Waals surface area contributed by atoms with E-state index in [0.717, 1.165) is 31.2 Å². The molecular weight excluding hydrogens is 380 g/mol. The molecule has 2 aromatic heterocycles. The molecule has 98 valence electrons. The molecule has 0 saturated carbocycles. The predicted molar refractivity (Wildman–Crippen MR) is 88.3 cm³/mol. The molecule has 2 nitrogen and oxygen atoms in total. The van der Waals surface area contributed by atoms with E-state index in [1.807, 2.05) is 24.3 Å². The van der Waals surface area contributed by atoms with Crippen LogP contribution in [-0.2, 0) is 0 Å². The molecule has 3 aromatic rings. The lowest BCUT2D eigenvalue weighted by atomic mass is 10.0. The second-order valence-electron chi connectivity index (χ2n) is 4.28. The van der Waals surface area contributed by atoms with Crippen molar-refractivity contribution in [3.63, 3.8) is 0 Å². The molecule has 0 spiro atoms. The number of pyridine rings is 2. The minimum atomic E-state index is 1.05. The van der Waals surface area contributed by atoms with Gasteiger partial charge in [0.15, 0.2) is 0 Å². The molecule has 20 heavy (non-hydrogen) atoms. The zero-order chi connectivity index (χ0) is 13.9. The Labute approximate surface area is 134 Å². The van der Waals surface area contributed by atoms with Crippen molar-refractivity contribution in [2.45, 2.75) is 0 Å². The second-order valence-corrected chi connectivity index (χ2v) is 5.99. The van der Waals surface area contributed by atoms with Gasteiger partial charge in [-0.3, -0.25) is 9.97 Å². The van der Waals surface area contributed by atoms with E-state index in [2.05, 4.69) is 54.0 Å². The van der Waals surface area contributed by atoms with E-state index in [0.29, 0.717) is 0 Å². The van der Waals surface area contributed by atoms with Crippen molar-refractivity contribution in [1.82, 2.24) is 9.97 Å². The van der Waals surface area contributed by atoms with E-state index in [1.54, 1.807) is 24.8 Å². The quantitative estimate of drug-likeness (QED) is 0.591. The van der Waals surface area contributed by atoms with Gasteiger partial charge < -0.3 is 0 Å². The Morgan fingerprint density at radius 3 is 1.30 bits per heavy atom. The molecule has 2 heterocycles. The van der Waals surface area contributed by atoms with Gasteiger partial charge in [0.1, 0.15) is 0 Å². The van der Waals surface area contributed by atoms with Crippen LogP contribution in [0.3, 0.4) is 0 Å². The summed E-state index contributed by atoms with van der Waals surface area (Å²) < 4.78 is 2.11. The third kappa shape index (κ3) is 2.67. The minimum absolute atomic E-state index is 1.05. The zero-order valence-corrected chi connectivity index (χ0v) is 13.6. The Balaban J connectivity index is 2.13. The highest BCUT2D eigenvalue weighted by Crippen LogP contribution is 2.37. The average molecular weight is 390 g/mol. The van der Waals surface area contributed by atoms with Crippen LogP contribution in [0, 0.1) is 0 Å². The van der Waals surface area contributed by atoms with Gasteiger partial charge in [-0.05, 0) is 58.7 Å². The van der Waals surface area contributed by atoms with Crippen LogP contribution in [0.15, 0.2) is 70.1 Å². The molecule has 0 atom stereocenters. The number of nitrogens with zero attached hydrogens (tertiary/aromatic N) is 2. The number of halogens is 2. The van der Waals surface area contributed by atoms with Crippen molar-refractivity contribution < 1.29 is 0 Å². The van der Waals surface area contributed by atoms with E-state index in [1.165, 1.54) is 0 Å². The van der Waals surface area contributed by atoms with Gasteiger partial charge in [-0.1, -0.05) is 31.9 Å². The van der Waals surface area contributed by atoms with Crippen molar-refractivity contribution in [3.8, 4) is 22.3 Å². The van der Waals surface area contributed by atoms with Gasteiger partial charge in [-0.15, -0.1) is 0 Å². The van der Waals surface area contributed by atoms with E-state index in [4.69, 9.17) is 0 Å². The maximum atomic E-state index is 4.05. The molecule has 0 aliphatic heterocycles. The molecule has 0 bridgehead atoms. The highest BCUT2D eigenvalue weighted by atomic mass is 79.9. The molecule has 0 N–H and O–H groups in total. The third-order valence-corrected chi connectivity index (χ3v) is 4.35. The monoisotopic (exact) mass is 388 g/mol. The van der Waals surface area contributed by atoms with E-state index >= 15 is 0 Å². The summed E-state index contributed by atoms with van der Waals surface area (Å²) in [4.78, 5) is 8.11. The maximum absolute atomic E-state index is 4.05. The molecule has 0 radical (unpaired) electrons. The van der Waals surface area contributed by atoms with Crippen molar-refractivity contribution in [1.29, 1.82) is 0 Å². The molecule has 0 aliphatic rings. The highest BCUT2D eigenvalue weighted by Gasteiger charge is 2.10. The lowest BCUT2D eigenvalue weighted by molar-refractivity contribution is 1.32. The number of benzene rings is 1. The van der Waals surface area contributed by atoms with Crippen LogP contribution in [-0.4, -0.2) is 9.97 Å². The summed E-state index contributed by atoms with van der Waals surface area (Å²) in [5, 5.41) is 0. The summed E-state index contributed by atoms with van der Waals surface area (Å²) in [6.45, 7) is 0. The van der Waals surface area contributed by atoms with Crippen molar-refractivity contribution in [2.24, 2.45) is 0 Å². The Hall–Kier alpha value is -1.52. The van der Waals surface area contributed by atoms with Gasteiger partial charge >= 0.3 is 0 Å². The number of rotatable bonds is 2. The SMILES string of the molecule is Brc1cc(-c2ccncc2)c(Br)cc1-c1ccncc1. The van der Waals surface area contributed by atoms with Gasteiger partial charge in [-0.25, -0.2) is 0 Å². The smallest absolute Gasteiger partial charge is 0.0273 e. The largest absolute Gasteiger partial charge is 0.265 e. The summed E-state index contributed by atoms with van der Waals surface area (Å²) in [7, 11) is 0. The molecule has 3 rings (SSSR count). The molecule has 1 aromatic carbocycles. The molecule has 0 fully saturated rings. The van der Waals surface area contributed by atoms with E-state index in [-0.39, 0.29) is 0 Å². The summed E-state index contributed by atoms with van der Waals surface area (Å²) >= 11 is 7.32. The van der Waals surface area contributed by atoms with Crippen molar-refractivity contribution >= 4 is 31.9 Å². The van der Waals surface area contributed by atoms with Crippen LogP contribution in [0.5, 0.6) is 0 Å². The molecule has 0 amide bonds. The minimum Gasteiger partial charge on any atom is -0.265 e. The summed E-state index contributed by atoms with van der Waals surface area (Å²) in [5.41, 5.74) is 4.54. The molecule has 0 unspecified atom stereocenters. The van der Waals surface area contributed by atoms with Crippen LogP contribution < -0.4 is 0 Å². The van der Waals surface area contributed by atoms with Crippen LogP contribution >= 0.6 is 31.9 Å². The first-order chi connectivity index (χ1) is 9.75. The lowest BCUT2D eigenvalue weighted by Gasteiger charge is -2.10. The zero-order valence-electron chi connectivity index (χ0n) is 10.4. The average Bonchev–Trinajstić information content (AvgIpc) is 2.51.